The molecule has 0 nitrogen and oxygen atoms in total. The molecule has 0 unspecified atom stereocenters. The van der Waals surface area contributed by atoms with Crippen LogP contribution < -0.4 is 0 Å². The SMILES string of the molecule is C#Cc1cccc(SCc2ccccc2)c1SCc1ccccc1. The lowest BCUT2D eigenvalue weighted by atomic mass is 10.2. The molecule has 0 atom stereocenters. The van der Waals surface area contributed by atoms with Crippen LogP contribution in [0.4, 0.5) is 0 Å². The van der Waals surface area contributed by atoms with Gasteiger partial charge in [-0.05, 0) is 23.3 Å². The number of thioether (sulfide) groups is 2. The molecule has 0 aliphatic heterocycles. The molecule has 0 aromatic heterocycles. The Bertz CT molecular complexity index is 818. The van der Waals surface area contributed by atoms with Crippen molar-refractivity contribution in [2.24, 2.45) is 0 Å². The zero-order valence-corrected chi connectivity index (χ0v) is 14.9. The summed E-state index contributed by atoms with van der Waals surface area (Å²) in [5.41, 5.74) is 3.62. The highest BCUT2D eigenvalue weighted by Crippen LogP contribution is 2.36. The molecule has 0 fully saturated rings. The van der Waals surface area contributed by atoms with Crippen LogP contribution in [0.5, 0.6) is 0 Å². The van der Waals surface area contributed by atoms with E-state index >= 15 is 0 Å². The van der Waals surface area contributed by atoms with E-state index in [-0.39, 0.29) is 0 Å². The summed E-state index contributed by atoms with van der Waals surface area (Å²) >= 11 is 3.67. The van der Waals surface area contributed by atoms with Gasteiger partial charge in [0.05, 0.1) is 0 Å². The molecule has 0 N–H and O–H groups in total. The number of rotatable bonds is 6. The van der Waals surface area contributed by atoms with Crippen LogP contribution in [0.15, 0.2) is 88.7 Å². The van der Waals surface area contributed by atoms with Gasteiger partial charge in [-0.25, -0.2) is 0 Å². The summed E-state index contributed by atoms with van der Waals surface area (Å²) in [5.74, 6) is 4.72. The number of hydrogen-bond donors (Lipinski definition) is 0. The molecule has 3 aromatic carbocycles. The minimum Gasteiger partial charge on any atom is -0.120 e. The molecular weight excluding hydrogens is 328 g/mol. The topological polar surface area (TPSA) is 0 Å². The Morgan fingerprint density at radius 3 is 1.83 bits per heavy atom. The van der Waals surface area contributed by atoms with Crippen molar-refractivity contribution >= 4 is 23.5 Å². The number of terminal acetylenes is 1. The fourth-order valence-electron chi connectivity index (χ4n) is 2.36. The molecule has 3 rings (SSSR count). The van der Waals surface area contributed by atoms with E-state index in [0.717, 1.165) is 17.1 Å². The molecule has 0 amide bonds. The third-order valence-corrected chi connectivity index (χ3v) is 6.06. The summed E-state index contributed by atoms with van der Waals surface area (Å²) in [6, 6.07) is 27.3. The largest absolute Gasteiger partial charge is 0.120 e. The van der Waals surface area contributed by atoms with Crippen molar-refractivity contribution in [2.75, 3.05) is 0 Å². The van der Waals surface area contributed by atoms with Gasteiger partial charge in [-0.1, -0.05) is 72.7 Å². The van der Waals surface area contributed by atoms with Crippen LogP contribution in [-0.4, -0.2) is 0 Å². The molecule has 0 radical (unpaired) electrons. The van der Waals surface area contributed by atoms with Gasteiger partial charge in [-0.3, -0.25) is 0 Å². The Balaban J connectivity index is 1.77. The summed E-state index contributed by atoms with van der Waals surface area (Å²) in [6.45, 7) is 0. The minimum absolute atomic E-state index is 0.929. The fourth-order valence-corrected chi connectivity index (χ4v) is 4.64. The lowest BCUT2D eigenvalue weighted by Crippen LogP contribution is -1.88. The van der Waals surface area contributed by atoms with Crippen molar-refractivity contribution in [1.29, 1.82) is 0 Å². The molecule has 0 aliphatic carbocycles. The van der Waals surface area contributed by atoms with Gasteiger partial charge in [0, 0.05) is 26.9 Å². The van der Waals surface area contributed by atoms with Gasteiger partial charge in [-0.15, -0.1) is 29.9 Å². The lowest BCUT2D eigenvalue weighted by molar-refractivity contribution is 1.21. The van der Waals surface area contributed by atoms with Crippen LogP contribution in [0, 0.1) is 12.3 Å². The number of hydrogen-bond acceptors (Lipinski definition) is 2. The van der Waals surface area contributed by atoms with Crippen LogP contribution in [0.1, 0.15) is 16.7 Å². The Labute approximate surface area is 152 Å². The van der Waals surface area contributed by atoms with Crippen LogP contribution in [-0.2, 0) is 11.5 Å². The molecule has 0 bridgehead atoms. The van der Waals surface area contributed by atoms with Gasteiger partial charge < -0.3 is 0 Å². The van der Waals surface area contributed by atoms with Crippen molar-refractivity contribution in [2.45, 2.75) is 21.3 Å². The zero-order valence-electron chi connectivity index (χ0n) is 13.3. The maximum Gasteiger partial charge on any atom is 0.0390 e. The van der Waals surface area contributed by atoms with E-state index in [0.29, 0.717) is 0 Å². The molecule has 118 valence electrons. The van der Waals surface area contributed by atoms with E-state index < -0.39 is 0 Å². The standard InChI is InChI=1S/C22H18S2/c1-2-20-14-9-15-21(23-16-18-10-5-3-6-11-18)22(20)24-17-19-12-7-4-8-13-19/h1,3-15H,16-17H2. The third-order valence-electron chi connectivity index (χ3n) is 3.60. The summed E-state index contributed by atoms with van der Waals surface area (Å²) in [7, 11) is 0. The molecule has 0 aliphatic rings. The monoisotopic (exact) mass is 346 g/mol. The Morgan fingerprint density at radius 1 is 0.667 bits per heavy atom. The first kappa shape index (κ1) is 16.8. The van der Waals surface area contributed by atoms with E-state index in [1.54, 1.807) is 0 Å². The van der Waals surface area contributed by atoms with E-state index in [4.69, 9.17) is 6.42 Å². The van der Waals surface area contributed by atoms with Gasteiger partial charge in [0.2, 0.25) is 0 Å². The quantitative estimate of drug-likeness (QED) is 0.382. The molecule has 0 saturated carbocycles. The molecule has 2 heteroatoms. The second-order valence-electron chi connectivity index (χ2n) is 5.33. The van der Waals surface area contributed by atoms with E-state index in [9.17, 15) is 0 Å². The minimum atomic E-state index is 0.929. The predicted octanol–water partition coefficient (Wildman–Crippen LogP) is 6.25. The van der Waals surface area contributed by atoms with Gasteiger partial charge in [0.15, 0.2) is 0 Å². The number of benzene rings is 3. The highest BCUT2D eigenvalue weighted by molar-refractivity contribution is 8.01. The second kappa shape index (κ2) is 8.68. The van der Waals surface area contributed by atoms with Crippen molar-refractivity contribution in [3.63, 3.8) is 0 Å². The van der Waals surface area contributed by atoms with E-state index in [1.165, 1.54) is 20.9 Å². The highest BCUT2D eigenvalue weighted by atomic mass is 32.2. The fraction of sp³-hybridized carbons (Fsp3) is 0.0909. The third kappa shape index (κ3) is 4.47. The smallest absolute Gasteiger partial charge is 0.0390 e. The highest BCUT2D eigenvalue weighted by Gasteiger charge is 2.09. The molecule has 24 heavy (non-hydrogen) atoms. The van der Waals surface area contributed by atoms with Crippen molar-refractivity contribution in [3.05, 3.63) is 95.6 Å². The van der Waals surface area contributed by atoms with Crippen molar-refractivity contribution in [1.82, 2.24) is 0 Å². The molecular formula is C22H18S2. The summed E-state index contributed by atoms with van der Waals surface area (Å²) in [6.07, 6.45) is 5.72. The molecule has 0 spiro atoms. The zero-order chi connectivity index (χ0) is 16.6. The maximum atomic E-state index is 5.72. The van der Waals surface area contributed by atoms with Gasteiger partial charge in [-0.2, -0.15) is 0 Å². The van der Waals surface area contributed by atoms with Crippen molar-refractivity contribution in [3.8, 4) is 12.3 Å². The Morgan fingerprint density at radius 2 is 1.25 bits per heavy atom. The van der Waals surface area contributed by atoms with Crippen LogP contribution >= 0.6 is 23.5 Å². The predicted molar refractivity (Wildman–Crippen MR) is 106 cm³/mol. The summed E-state index contributed by atoms with van der Waals surface area (Å²) in [5, 5.41) is 0. The maximum absolute atomic E-state index is 5.72. The lowest BCUT2D eigenvalue weighted by Gasteiger charge is -2.11. The Hall–Kier alpha value is -2.08. The van der Waals surface area contributed by atoms with Crippen LogP contribution in [0.25, 0.3) is 0 Å². The average Bonchev–Trinajstić information content (AvgIpc) is 2.66. The van der Waals surface area contributed by atoms with Gasteiger partial charge in [0.1, 0.15) is 0 Å². The van der Waals surface area contributed by atoms with E-state index in [2.05, 4.69) is 66.6 Å². The molecule has 3 aromatic rings. The van der Waals surface area contributed by atoms with Crippen LogP contribution in [0.3, 0.4) is 0 Å². The molecule has 0 saturated heterocycles. The second-order valence-corrected chi connectivity index (χ2v) is 7.33. The van der Waals surface area contributed by atoms with Crippen molar-refractivity contribution < 1.29 is 0 Å². The van der Waals surface area contributed by atoms with Gasteiger partial charge >= 0.3 is 0 Å². The molecule has 0 heterocycles. The summed E-state index contributed by atoms with van der Waals surface area (Å²) in [4.78, 5) is 2.47. The first-order valence-corrected chi connectivity index (χ1v) is 9.77. The first-order valence-electron chi connectivity index (χ1n) is 7.80. The average molecular weight is 347 g/mol. The Kier molecular flexibility index (Phi) is 6.07. The van der Waals surface area contributed by atoms with E-state index in [1.807, 2.05) is 41.7 Å². The summed E-state index contributed by atoms with van der Waals surface area (Å²) < 4.78 is 0. The normalized spacial score (nSPS) is 10.3. The van der Waals surface area contributed by atoms with Crippen LogP contribution in [0.2, 0.25) is 0 Å². The first-order chi connectivity index (χ1) is 11.9. The van der Waals surface area contributed by atoms with Gasteiger partial charge in [0.25, 0.3) is 0 Å².